The van der Waals surface area contributed by atoms with E-state index in [4.69, 9.17) is 9.47 Å². The first-order valence-corrected chi connectivity index (χ1v) is 15.8. The Morgan fingerprint density at radius 2 is 1.00 bits per heavy atom. The van der Waals surface area contributed by atoms with E-state index in [0.717, 1.165) is 83.5 Å². The Bertz CT molecular complexity index is 811. The molecule has 0 aromatic rings. The monoisotopic (exact) mass is 566 g/mol. The molecule has 0 amide bonds. The summed E-state index contributed by atoms with van der Waals surface area (Å²) in [6.45, 7) is 4.89. The third-order valence-electron chi connectivity index (χ3n) is 5.90. The molecule has 0 aliphatic rings. The summed E-state index contributed by atoms with van der Waals surface area (Å²) in [7, 11) is 0. The maximum atomic E-state index is 12.1. The number of esters is 1. The molecule has 0 radical (unpaired) electrons. The molecule has 0 spiro atoms. The first kappa shape index (κ1) is 38.3. The number of rotatable bonds is 27. The van der Waals surface area contributed by atoms with Gasteiger partial charge in [0.1, 0.15) is 6.10 Å². The topological polar surface area (TPSA) is 55.8 Å². The summed E-state index contributed by atoms with van der Waals surface area (Å²) in [6, 6.07) is 0. The molecule has 0 aromatic heterocycles. The minimum Gasteiger partial charge on any atom is -0.457 e. The Hall–Kier alpha value is -2.69. The molecule has 0 bridgehead atoms. The van der Waals surface area contributed by atoms with Crippen LogP contribution in [0.25, 0.3) is 0 Å². The van der Waals surface area contributed by atoms with Crippen LogP contribution in [0.4, 0.5) is 0 Å². The van der Waals surface area contributed by atoms with Crippen LogP contribution in [-0.2, 0) is 14.3 Å². The molecule has 0 aromatic carbocycles. The molecule has 1 atom stereocenters. The summed E-state index contributed by atoms with van der Waals surface area (Å²) in [5, 5.41) is 9.50. The van der Waals surface area contributed by atoms with Crippen LogP contribution in [0.5, 0.6) is 0 Å². The van der Waals surface area contributed by atoms with Crippen molar-refractivity contribution in [3.8, 4) is 0 Å². The molecule has 41 heavy (non-hydrogen) atoms. The molecule has 0 heterocycles. The van der Waals surface area contributed by atoms with Crippen LogP contribution in [0, 0.1) is 0 Å². The van der Waals surface area contributed by atoms with Gasteiger partial charge in [-0.2, -0.15) is 0 Å². The third kappa shape index (κ3) is 31.7. The van der Waals surface area contributed by atoms with Crippen molar-refractivity contribution in [2.24, 2.45) is 0 Å². The van der Waals surface area contributed by atoms with Crippen molar-refractivity contribution in [3.05, 3.63) is 97.2 Å². The zero-order valence-corrected chi connectivity index (χ0v) is 26.0. The second kappa shape index (κ2) is 33.5. The predicted octanol–water partition coefficient (Wildman–Crippen LogP) is 9.86. The molecule has 0 saturated carbocycles. The molecular formula is C37H58O4. The van der Waals surface area contributed by atoms with Crippen molar-refractivity contribution in [1.29, 1.82) is 0 Å². The fourth-order valence-electron chi connectivity index (χ4n) is 3.61. The van der Waals surface area contributed by atoms with E-state index in [-0.39, 0.29) is 19.2 Å². The maximum absolute atomic E-state index is 12.1. The number of carbonyl (C=O) groups is 1. The lowest BCUT2D eigenvalue weighted by molar-refractivity contribution is -0.154. The van der Waals surface area contributed by atoms with Gasteiger partial charge in [-0.05, 0) is 83.5 Å². The highest BCUT2D eigenvalue weighted by Crippen LogP contribution is 2.06. The number of hydrogen-bond acceptors (Lipinski definition) is 4. The van der Waals surface area contributed by atoms with Crippen molar-refractivity contribution in [2.45, 2.75) is 110 Å². The van der Waals surface area contributed by atoms with Gasteiger partial charge >= 0.3 is 5.97 Å². The van der Waals surface area contributed by atoms with E-state index in [1.54, 1.807) is 0 Å². The first-order valence-electron chi connectivity index (χ1n) is 15.8. The zero-order valence-electron chi connectivity index (χ0n) is 26.0. The fourth-order valence-corrected chi connectivity index (χ4v) is 3.61. The number of allylic oxidation sites excluding steroid dienone is 16. The van der Waals surface area contributed by atoms with Crippen LogP contribution in [0.1, 0.15) is 104 Å². The van der Waals surface area contributed by atoms with Crippen molar-refractivity contribution >= 4 is 5.97 Å². The van der Waals surface area contributed by atoms with Crippen molar-refractivity contribution in [3.63, 3.8) is 0 Å². The van der Waals surface area contributed by atoms with Gasteiger partial charge in [-0.25, -0.2) is 0 Å². The Labute approximate surface area is 252 Å². The van der Waals surface area contributed by atoms with E-state index in [1.165, 1.54) is 0 Å². The van der Waals surface area contributed by atoms with Crippen LogP contribution >= 0.6 is 0 Å². The second-order valence-corrected chi connectivity index (χ2v) is 9.76. The SMILES string of the molecule is CC/C=C\C/C=C\C/C=C\C/C=C\CCCCC(=O)OC(CO)COCCC/C=C\C/C=C\C/C=C\C/C=C\CC. The summed E-state index contributed by atoms with van der Waals surface area (Å²) >= 11 is 0. The summed E-state index contributed by atoms with van der Waals surface area (Å²) < 4.78 is 11.0. The minimum atomic E-state index is -0.589. The highest BCUT2D eigenvalue weighted by molar-refractivity contribution is 5.69. The van der Waals surface area contributed by atoms with E-state index in [2.05, 4.69) is 111 Å². The average molecular weight is 567 g/mol. The summed E-state index contributed by atoms with van der Waals surface area (Å²) in [5.74, 6) is -0.266. The molecule has 1 unspecified atom stereocenters. The van der Waals surface area contributed by atoms with Crippen LogP contribution in [0.2, 0.25) is 0 Å². The van der Waals surface area contributed by atoms with E-state index in [0.29, 0.717) is 13.0 Å². The van der Waals surface area contributed by atoms with Gasteiger partial charge in [-0.1, -0.05) is 111 Å². The number of hydrogen-bond donors (Lipinski definition) is 1. The molecule has 0 saturated heterocycles. The molecule has 0 aliphatic heterocycles. The predicted molar refractivity (Wildman–Crippen MR) is 177 cm³/mol. The smallest absolute Gasteiger partial charge is 0.306 e. The Morgan fingerprint density at radius 1 is 0.585 bits per heavy atom. The number of aliphatic hydroxyl groups excluding tert-OH is 1. The first-order chi connectivity index (χ1) is 20.2. The van der Waals surface area contributed by atoms with Gasteiger partial charge in [-0.15, -0.1) is 0 Å². The summed E-state index contributed by atoms with van der Waals surface area (Å²) in [4.78, 5) is 12.1. The lowest BCUT2D eigenvalue weighted by Crippen LogP contribution is -2.27. The highest BCUT2D eigenvalue weighted by Gasteiger charge is 2.13. The van der Waals surface area contributed by atoms with E-state index in [1.807, 2.05) is 0 Å². The summed E-state index contributed by atoms with van der Waals surface area (Å²) in [6.07, 6.45) is 47.3. The van der Waals surface area contributed by atoms with Crippen LogP contribution in [0.15, 0.2) is 97.2 Å². The maximum Gasteiger partial charge on any atom is 0.306 e. The van der Waals surface area contributed by atoms with Gasteiger partial charge in [0.05, 0.1) is 13.2 Å². The number of aliphatic hydroxyl groups is 1. The quantitative estimate of drug-likeness (QED) is 0.0611. The van der Waals surface area contributed by atoms with Crippen LogP contribution in [0.3, 0.4) is 0 Å². The minimum absolute atomic E-state index is 0.218. The molecule has 0 fully saturated rings. The molecule has 4 nitrogen and oxygen atoms in total. The Balaban J connectivity index is 3.70. The van der Waals surface area contributed by atoms with Gasteiger partial charge in [0.15, 0.2) is 0 Å². The van der Waals surface area contributed by atoms with Crippen molar-refractivity contribution in [2.75, 3.05) is 19.8 Å². The zero-order chi connectivity index (χ0) is 29.9. The molecular weight excluding hydrogens is 508 g/mol. The standard InChI is InChI=1S/C37H58O4/c1-3-5-7-9-11-13-15-17-19-20-22-24-26-28-30-32-37(39)41-36(34-38)35-40-33-31-29-27-25-23-21-18-16-14-12-10-8-6-4-2/h5-8,11-14,17-19,21-22,24-25,27,36,38H,3-4,9-10,15-16,20,23,26,28-35H2,1-2H3/b7-5-,8-6-,13-11-,14-12-,19-17-,21-18-,24-22-,27-25-. The van der Waals surface area contributed by atoms with Crippen molar-refractivity contribution in [1.82, 2.24) is 0 Å². The van der Waals surface area contributed by atoms with E-state index < -0.39 is 6.10 Å². The molecule has 230 valence electrons. The Kier molecular flexibility index (Phi) is 31.3. The Morgan fingerprint density at radius 3 is 1.44 bits per heavy atom. The fraction of sp³-hybridized carbons (Fsp3) is 0.541. The van der Waals surface area contributed by atoms with Gasteiger partial charge < -0.3 is 14.6 Å². The number of ether oxygens (including phenoxy) is 2. The lowest BCUT2D eigenvalue weighted by Gasteiger charge is -2.15. The average Bonchev–Trinajstić information content (AvgIpc) is 2.98. The van der Waals surface area contributed by atoms with E-state index in [9.17, 15) is 9.90 Å². The van der Waals surface area contributed by atoms with Crippen LogP contribution in [-0.4, -0.2) is 37.0 Å². The van der Waals surface area contributed by atoms with Gasteiger partial charge in [0.2, 0.25) is 0 Å². The third-order valence-corrected chi connectivity index (χ3v) is 5.90. The highest BCUT2D eigenvalue weighted by atomic mass is 16.6. The number of unbranched alkanes of at least 4 members (excludes halogenated alkanes) is 3. The normalized spacial score (nSPS) is 13.7. The number of carbonyl (C=O) groups excluding carboxylic acids is 1. The second-order valence-electron chi connectivity index (χ2n) is 9.76. The van der Waals surface area contributed by atoms with Gasteiger partial charge in [-0.3, -0.25) is 4.79 Å². The molecule has 1 N–H and O–H groups in total. The molecule has 0 aliphatic carbocycles. The molecule has 4 heteroatoms. The largest absolute Gasteiger partial charge is 0.457 e. The van der Waals surface area contributed by atoms with E-state index >= 15 is 0 Å². The summed E-state index contributed by atoms with van der Waals surface area (Å²) in [5.41, 5.74) is 0. The lowest BCUT2D eigenvalue weighted by atomic mass is 10.2. The van der Waals surface area contributed by atoms with Gasteiger partial charge in [0, 0.05) is 13.0 Å². The van der Waals surface area contributed by atoms with Crippen molar-refractivity contribution < 1.29 is 19.4 Å². The van der Waals surface area contributed by atoms with Crippen LogP contribution < -0.4 is 0 Å². The molecule has 0 rings (SSSR count). The van der Waals surface area contributed by atoms with Gasteiger partial charge in [0.25, 0.3) is 0 Å².